The van der Waals surface area contributed by atoms with Crippen LogP contribution in [-0.2, 0) is 16.0 Å². The zero-order chi connectivity index (χ0) is 37.9. The Hall–Kier alpha value is -5.59. The molecule has 4 atom stereocenters. The lowest BCUT2D eigenvalue weighted by molar-refractivity contribution is -0.138. The maximum Gasteiger partial charge on any atom is 0.325 e. The highest BCUT2D eigenvalue weighted by Gasteiger charge is 2.28. The number of hydrogen-bond donors (Lipinski definition) is 10. The quantitative estimate of drug-likeness (QED) is 0.0635. The number of aromatic nitrogens is 5. The number of hydrogen-bond acceptors (Lipinski definition) is 10. The molecular formula is C34H46ClN11O7. The standard InChI is InChI=1S/C34H45N11O7.ClH/c1-17(2)9-21(11-35)44-32(49)28-29(41-16-40-28)33(50)45-24(10-20-13-37-23-8-6-5-7-22(20)23)25(46)14-36-12-18(3)42-30(47)26-27(39-15-38-26)31(48)43-19(4)34(51)52;/h5-8,13,15-19,21,24,36-37H,9-12,14,35H2,1-4H3,(H,38,39)(H,40,41)(H,42,47)(H,43,48)(H,44,49)(H,45,50)(H,51,52);1H/t18-,19-,21-,24-;/m0./s1. The first-order chi connectivity index (χ1) is 24.8. The number of imidazole rings is 2. The van der Waals surface area contributed by atoms with Gasteiger partial charge >= 0.3 is 5.97 Å². The summed E-state index contributed by atoms with van der Waals surface area (Å²) >= 11 is 0. The minimum atomic E-state index is -1.25. The number of amides is 4. The van der Waals surface area contributed by atoms with Gasteiger partial charge in [0.25, 0.3) is 23.6 Å². The predicted molar refractivity (Wildman–Crippen MR) is 197 cm³/mol. The van der Waals surface area contributed by atoms with Crippen molar-refractivity contribution in [3.63, 3.8) is 0 Å². The van der Waals surface area contributed by atoms with Gasteiger partial charge in [-0.1, -0.05) is 32.0 Å². The van der Waals surface area contributed by atoms with Crippen molar-refractivity contribution in [2.24, 2.45) is 11.7 Å². The van der Waals surface area contributed by atoms with E-state index >= 15 is 0 Å². The molecule has 286 valence electrons. The number of H-pyrrole nitrogens is 3. The molecule has 0 aliphatic heterocycles. The van der Waals surface area contributed by atoms with Gasteiger partial charge in [0, 0.05) is 48.7 Å². The highest BCUT2D eigenvalue weighted by atomic mass is 35.5. The third-order valence-corrected chi connectivity index (χ3v) is 8.18. The van der Waals surface area contributed by atoms with E-state index in [0.29, 0.717) is 6.42 Å². The Balaban J connectivity index is 0.00000756. The fourth-order valence-electron chi connectivity index (χ4n) is 5.52. The van der Waals surface area contributed by atoms with Gasteiger partial charge in [-0.2, -0.15) is 0 Å². The first-order valence-electron chi connectivity index (χ1n) is 16.8. The van der Waals surface area contributed by atoms with Crippen molar-refractivity contribution in [1.82, 2.24) is 51.5 Å². The number of halogens is 1. The molecule has 4 amide bonds. The van der Waals surface area contributed by atoms with E-state index in [0.717, 1.165) is 22.8 Å². The normalized spacial score (nSPS) is 13.3. The molecule has 3 heterocycles. The lowest BCUT2D eigenvalue weighted by Gasteiger charge is -2.20. The third-order valence-electron chi connectivity index (χ3n) is 8.18. The molecule has 18 nitrogen and oxygen atoms in total. The fourth-order valence-corrected chi connectivity index (χ4v) is 5.52. The number of fused-ring (bicyclic) bond motifs is 1. The number of nitrogens with one attached hydrogen (secondary N) is 8. The summed E-state index contributed by atoms with van der Waals surface area (Å²) < 4.78 is 0. The lowest BCUT2D eigenvalue weighted by atomic mass is 10.0. The summed E-state index contributed by atoms with van der Waals surface area (Å²) in [5.41, 5.74) is 6.81. The summed E-state index contributed by atoms with van der Waals surface area (Å²) in [7, 11) is 0. The molecule has 11 N–H and O–H groups in total. The number of carboxylic acid groups (broad SMARTS) is 1. The molecule has 3 aromatic heterocycles. The number of benzene rings is 1. The number of ketones is 1. The van der Waals surface area contributed by atoms with Gasteiger partial charge in [0.05, 0.1) is 25.2 Å². The topological polar surface area (TPSA) is 282 Å². The van der Waals surface area contributed by atoms with Crippen LogP contribution < -0.4 is 32.3 Å². The summed E-state index contributed by atoms with van der Waals surface area (Å²) in [6.45, 7) is 7.10. The van der Waals surface area contributed by atoms with Crippen molar-refractivity contribution in [3.05, 3.63) is 71.5 Å². The number of aliphatic carboxylic acids is 1. The number of nitrogens with two attached hydrogens (primary N) is 1. The largest absolute Gasteiger partial charge is 0.480 e. The van der Waals surface area contributed by atoms with E-state index in [2.05, 4.69) is 51.5 Å². The minimum Gasteiger partial charge on any atom is -0.480 e. The first-order valence-corrected chi connectivity index (χ1v) is 16.8. The Bertz CT molecular complexity index is 1900. The maximum absolute atomic E-state index is 13.7. The van der Waals surface area contributed by atoms with Crippen molar-refractivity contribution >= 4 is 58.7 Å². The highest BCUT2D eigenvalue weighted by Crippen LogP contribution is 2.20. The van der Waals surface area contributed by atoms with E-state index in [1.165, 1.54) is 13.3 Å². The Kier molecular flexibility index (Phi) is 15.2. The van der Waals surface area contributed by atoms with Crippen molar-refractivity contribution in [2.45, 2.75) is 64.7 Å². The van der Waals surface area contributed by atoms with Crippen LogP contribution >= 0.6 is 12.4 Å². The molecule has 53 heavy (non-hydrogen) atoms. The average molecular weight is 756 g/mol. The second kappa shape index (κ2) is 19.3. The molecule has 0 spiro atoms. The summed E-state index contributed by atoms with van der Waals surface area (Å²) in [4.78, 5) is 93.2. The number of Topliss-reactive ketones (excluding diaryl/α,β-unsaturated/α-hetero) is 1. The van der Waals surface area contributed by atoms with Crippen LogP contribution in [-0.4, -0.2) is 109 Å². The van der Waals surface area contributed by atoms with Crippen LogP contribution in [0.5, 0.6) is 0 Å². The minimum absolute atomic E-state index is 0. The number of aromatic amines is 3. The van der Waals surface area contributed by atoms with Crippen LogP contribution in [0, 0.1) is 5.92 Å². The average Bonchev–Trinajstić information content (AvgIpc) is 3.88. The van der Waals surface area contributed by atoms with E-state index in [4.69, 9.17) is 10.8 Å². The van der Waals surface area contributed by atoms with E-state index < -0.39 is 47.7 Å². The summed E-state index contributed by atoms with van der Waals surface area (Å²) in [6.07, 6.45) is 4.91. The van der Waals surface area contributed by atoms with Crippen molar-refractivity contribution < 1.29 is 33.9 Å². The fraction of sp³-hybridized carbons (Fsp3) is 0.412. The molecule has 1 aromatic carbocycles. The molecule has 4 rings (SSSR count). The van der Waals surface area contributed by atoms with Gasteiger partial charge in [-0.25, -0.2) is 9.97 Å². The number of para-hydroxylation sites is 1. The van der Waals surface area contributed by atoms with Gasteiger partial charge in [-0.05, 0) is 37.8 Å². The van der Waals surface area contributed by atoms with Gasteiger partial charge in [0.1, 0.15) is 17.4 Å². The second-order valence-electron chi connectivity index (χ2n) is 12.9. The zero-order valence-electron chi connectivity index (χ0n) is 29.7. The molecular weight excluding hydrogens is 710 g/mol. The molecule has 0 radical (unpaired) electrons. The Morgan fingerprint density at radius 2 is 1.42 bits per heavy atom. The van der Waals surface area contributed by atoms with Crippen LogP contribution in [0.3, 0.4) is 0 Å². The van der Waals surface area contributed by atoms with E-state index in [1.54, 1.807) is 13.1 Å². The van der Waals surface area contributed by atoms with E-state index in [9.17, 15) is 28.8 Å². The summed E-state index contributed by atoms with van der Waals surface area (Å²) in [5, 5.41) is 23.5. The van der Waals surface area contributed by atoms with Gasteiger partial charge in [-0.15, -0.1) is 12.4 Å². The van der Waals surface area contributed by atoms with Gasteiger partial charge in [0.2, 0.25) is 0 Å². The van der Waals surface area contributed by atoms with Crippen LogP contribution in [0.1, 0.15) is 81.6 Å². The molecule has 19 heteroatoms. The third kappa shape index (κ3) is 11.2. The molecule has 0 aliphatic carbocycles. The number of carboxylic acids is 1. The number of carbonyl (C=O) groups excluding carboxylic acids is 5. The second-order valence-corrected chi connectivity index (χ2v) is 12.9. The monoisotopic (exact) mass is 755 g/mol. The number of nitrogens with zero attached hydrogens (tertiary/aromatic N) is 2. The smallest absolute Gasteiger partial charge is 0.325 e. The molecule has 0 saturated heterocycles. The van der Waals surface area contributed by atoms with Crippen LogP contribution in [0.2, 0.25) is 0 Å². The Morgan fingerprint density at radius 3 is 2.02 bits per heavy atom. The highest BCUT2D eigenvalue weighted by molar-refractivity contribution is 6.07. The molecule has 4 aromatic rings. The summed E-state index contributed by atoms with van der Waals surface area (Å²) in [6, 6.07) is 4.45. The Labute approximate surface area is 311 Å². The van der Waals surface area contributed by atoms with Gasteiger partial charge in [-0.3, -0.25) is 28.8 Å². The van der Waals surface area contributed by atoms with Crippen LogP contribution in [0.25, 0.3) is 10.9 Å². The Morgan fingerprint density at radius 1 is 0.811 bits per heavy atom. The molecule has 0 unspecified atom stereocenters. The lowest BCUT2D eigenvalue weighted by Crippen LogP contribution is -2.48. The summed E-state index contributed by atoms with van der Waals surface area (Å²) in [5.74, 6) is -4.13. The SMILES string of the molecule is CC(C)C[C@@H](CN)NC(=O)c1nc[nH]c1C(=O)N[C@@H](Cc1c[nH]c2ccccc12)C(=O)CNC[C@H](C)NC(=O)c1nc[nH]c1C(=O)N[C@@H](C)C(=O)O.Cl. The molecule has 0 fully saturated rings. The van der Waals surface area contributed by atoms with E-state index in [1.807, 2.05) is 38.1 Å². The van der Waals surface area contributed by atoms with Crippen molar-refractivity contribution in [1.29, 1.82) is 0 Å². The van der Waals surface area contributed by atoms with Crippen LogP contribution in [0.4, 0.5) is 0 Å². The number of carbonyl (C=O) groups is 6. The van der Waals surface area contributed by atoms with Crippen LogP contribution in [0.15, 0.2) is 43.1 Å². The number of rotatable bonds is 19. The van der Waals surface area contributed by atoms with Gasteiger partial charge < -0.3 is 52.4 Å². The first kappa shape index (κ1) is 41.8. The van der Waals surface area contributed by atoms with E-state index in [-0.39, 0.29) is 79.0 Å². The zero-order valence-corrected chi connectivity index (χ0v) is 30.6. The van der Waals surface area contributed by atoms with Gasteiger partial charge in [0.15, 0.2) is 17.2 Å². The maximum atomic E-state index is 13.7. The molecule has 0 aliphatic rings. The molecule has 0 saturated carbocycles. The van der Waals surface area contributed by atoms with Crippen molar-refractivity contribution in [3.8, 4) is 0 Å². The molecule has 0 bridgehead atoms. The predicted octanol–water partition coefficient (Wildman–Crippen LogP) is 0.660. The van der Waals surface area contributed by atoms with Crippen molar-refractivity contribution in [2.75, 3.05) is 19.6 Å².